The Morgan fingerprint density at radius 1 is 1.20 bits per heavy atom. The summed E-state index contributed by atoms with van der Waals surface area (Å²) < 4.78 is 1.05. The van der Waals surface area contributed by atoms with Gasteiger partial charge in [-0.15, -0.1) is 0 Å². The van der Waals surface area contributed by atoms with E-state index in [0.717, 1.165) is 41.1 Å². The molecule has 20 heavy (non-hydrogen) atoms. The number of aromatic nitrogens is 2. The molecule has 1 aromatic carbocycles. The number of hydrogen-bond donors (Lipinski definition) is 1. The second kappa shape index (κ2) is 7.36. The van der Waals surface area contributed by atoms with Gasteiger partial charge in [0.15, 0.2) is 0 Å². The molecule has 1 heterocycles. The van der Waals surface area contributed by atoms with Crippen molar-refractivity contribution in [3.63, 3.8) is 0 Å². The summed E-state index contributed by atoms with van der Waals surface area (Å²) in [5.41, 5.74) is 2.13. The fraction of sp³-hybridized carbons (Fsp3) is 0.333. The highest BCUT2D eigenvalue weighted by molar-refractivity contribution is 9.10. The number of rotatable bonds is 6. The van der Waals surface area contributed by atoms with Crippen LogP contribution in [0.15, 0.2) is 41.1 Å². The molecule has 0 bridgehead atoms. The molecule has 0 atom stereocenters. The van der Waals surface area contributed by atoms with Crippen molar-refractivity contribution in [2.75, 3.05) is 32.1 Å². The molecule has 2 rings (SSSR count). The fourth-order valence-corrected chi connectivity index (χ4v) is 2.46. The number of nitrogens with zero attached hydrogens (tertiary/aromatic N) is 3. The molecule has 0 amide bonds. The van der Waals surface area contributed by atoms with E-state index >= 15 is 0 Å². The van der Waals surface area contributed by atoms with Gasteiger partial charge in [0, 0.05) is 36.0 Å². The third-order valence-corrected chi connectivity index (χ3v) is 3.78. The molecular formula is C15H19BrN4. The van der Waals surface area contributed by atoms with Crippen LogP contribution in [0.1, 0.15) is 6.42 Å². The Bertz CT molecular complexity index is 542. The van der Waals surface area contributed by atoms with Crippen LogP contribution in [0.25, 0.3) is 11.1 Å². The van der Waals surface area contributed by atoms with E-state index in [1.54, 1.807) is 0 Å². The first-order valence-corrected chi connectivity index (χ1v) is 7.44. The van der Waals surface area contributed by atoms with Crippen molar-refractivity contribution in [2.45, 2.75) is 6.42 Å². The Morgan fingerprint density at radius 2 is 1.90 bits per heavy atom. The maximum absolute atomic E-state index is 4.45. The molecule has 5 heteroatoms. The minimum absolute atomic E-state index is 0.761. The normalized spacial score (nSPS) is 10.6. The van der Waals surface area contributed by atoms with Crippen LogP contribution in [0.5, 0.6) is 0 Å². The van der Waals surface area contributed by atoms with Gasteiger partial charge < -0.3 is 10.2 Å². The molecule has 1 N–H and O–H groups in total. The standard InChI is InChI=1S/C15H19BrN4/c1-17-8-5-9-20(2)15-18-10-12(11-19-15)13-6-3-4-7-14(13)16/h3-4,6-7,10-11,17H,5,8-9H2,1-2H3. The van der Waals surface area contributed by atoms with Crippen LogP contribution in [0, 0.1) is 0 Å². The van der Waals surface area contributed by atoms with Crippen LogP contribution >= 0.6 is 15.9 Å². The third kappa shape index (κ3) is 3.77. The summed E-state index contributed by atoms with van der Waals surface area (Å²) in [5.74, 6) is 0.761. The SMILES string of the molecule is CNCCCN(C)c1ncc(-c2ccccc2Br)cn1. The van der Waals surface area contributed by atoms with Crippen molar-refractivity contribution in [3.05, 3.63) is 41.1 Å². The van der Waals surface area contributed by atoms with Crippen LogP contribution in [0.4, 0.5) is 5.95 Å². The highest BCUT2D eigenvalue weighted by Gasteiger charge is 2.06. The zero-order valence-electron chi connectivity index (χ0n) is 11.8. The van der Waals surface area contributed by atoms with Crippen molar-refractivity contribution < 1.29 is 0 Å². The van der Waals surface area contributed by atoms with E-state index in [0.29, 0.717) is 0 Å². The van der Waals surface area contributed by atoms with Crippen molar-refractivity contribution in [1.29, 1.82) is 0 Å². The van der Waals surface area contributed by atoms with E-state index in [4.69, 9.17) is 0 Å². The Kier molecular flexibility index (Phi) is 5.49. The summed E-state index contributed by atoms with van der Waals surface area (Å²) in [4.78, 5) is 11.0. The molecule has 0 aliphatic carbocycles. The van der Waals surface area contributed by atoms with E-state index in [1.807, 2.05) is 44.7 Å². The molecule has 0 spiro atoms. The minimum Gasteiger partial charge on any atom is -0.344 e. The monoisotopic (exact) mass is 334 g/mol. The molecule has 0 unspecified atom stereocenters. The molecule has 1 aromatic heterocycles. The molecule has 0 aliphatic rings. The average Bonchev–Trinajstić information content (AvgIpc) is 2.48. The van der Waals surface area contributed by atoms with Gasteiger partial charge in [0.1, 0.15) is 0 Å². The van der Waals surface area contributed by atoms with Crippen LogP contribution in [-0.2, 0) is 0 Å². The summed E-state index contributed by atoms with van der Waals surface area (Å²) >= 11 is 3.55. The van der Waals surface area contributed by atoms with Crippen LogP contribution < -0.4 is 10.2 Å². The summed E-state index contributed by atoms with van der Waals surface area (Å²) in [7, 11) is 3.98. The van der Waals surface area contributed by atoms with Crippen LogP contribution in [-0.4, -0.2) is 37.2 Å². The largest absolute Gasteiger partial charge is 0.344 e. The number of hydrogen-bond acceptors (Lipinski definition) is 4. The third-order valence-electron chi connectivity index (χ3n) is 3.08. The first-order valence-electron chi connectivity index (χ1n) is 6.65. The van der Waals surface area contributed by atoms with Gasteiger partial charge in [0.05, 0.1) is 0 Å². The van der Waals surface area contributed by atoms with E-state index < -0.39 is 0 Å². The van der Waals surface area contributed by atoms with Crippen molar-refractivity contribution in [1.82, 2.24) is 15.3 Å². The van der Waals surface area contributed by atoms with E-state index in [9.17, 15) is 0 Å². The summed E-state index contributed by atoms with van der Waals surface area (Å²) in [6.07, 6.45) is 4.82. The predicted molar refractivity (Wildman–Crippen MR) is 87.0 cm³/mol. The molecule has 0 aliphatic heterocycles. The summed E-state index contributed by atoms with van der Waals surface area (Å²) in [6, 6.07) is 8.09. The topological polar surface area (TPSA) is 41.0 Å². The molecule has 0 radical (unpaired) electrons. The predicted octanol–water partition coefficient (Wildman–Crippen LogP) is 2.95. The lowest BCUT2D eigenvalue weighted by atomic mass is 10.1. The van der Waals surface area contributed by atoms with Crippen molar-refractivity contribution in [2.24, 2.45) is 0 Å². The van der Waals surface area contributed by atoms with Gasteiger partial charge in [0.2, 0.25) is 5.95 Å². The fourth-order valence-electron chi connectivity index (χ4n) is 1.95. The lowest BCUT2D eigenvalue weighted by Gasteiger charge is -2.16. The number of benzene rings is 1. The van der Waals surface area contributed by atoms with Crippen LogP contribution in [0.3, 0.4) is 0 Å². The van der Waals surface area contributed by atoms with Gasteiger partial charge in [-0.05, 0) is 31.6 Å². The van der Waals surface area contributed by atoms with Gasteiger partial charge in [-0.1, -0.05) is 34.1 Å². The maximum atomic E-state index is 4.45. The first kappa shape index (κ1) is 14.9. The van der Waals surface area contributed by atoms with E-state index in [2.05, 4.69) is 42.2 Å². The molecule has 0 fully saturated rings. The average molecular weight is 335 g/mol. The molecule has 0 saturated heterocycles. The Balaban J connectivity index is 2.08. The van der Waals surface area contributed by atoms with Crippen molar-refractivity contribution >= 4 is 21.9 Å². The van der Waals surface area contributed by atoms with E-state index in [1.165, 1.54) is 0 Å². The Morgan fingerprint density at radius 3 is 2.55 bits per heavy atom. The highest BCUT2D eigenvalue weighted by Crippen LogP contribution is 2.27. The zero-order valence-corrected chi connectivity index (χ0v) is 13.4. The number of halogens is 1. The number of anilines is 1. The Hall–Kier alpha value is -1.46. The Labute approximate surface area is 128 Å². The zero-order chi connectivity index (χ0) is 14.4. The van der Waals surface area contributed by atoms with Gasteiger partial charge in [-0.25, -0.2) is 9.97 Å². The van der Waals surface area contributed by atoms with Gasteiger partial charge in [0.25, 0.3) is 0 Å². The molecule has 2 aromatic rings. The second-order valence-corrected chi connectivity index (χ2v) is 5.48. The van der Waals surface area contributed by atoms with E-state index in [-0.39, 0.29) is 0 Å². The van der Waals surface area contributed by atoms with Gasteiger partial charge in [-0.2, -0.15) is 0 Å². The maximum Gasteiger partial charge on any atom is 0.225 e. The summed E-state index contributed by atoms with van der Waals surface area (Å²) in [6.45, 7) is 1.94. The highest BCUT2D eigenvalue weighted by atomic mass is 79.9. The lowest BCUT2D eigenvalue weighted by molar-refractivity contribution is 0.704. The molecule has 4 nitrogen and oxygen atoms in total. The van der Waals surface area contributed by atoms with Gasteiger partial charge >= 0.3 is 0 Å². The lowest BCUT2D eigenvalue weighted by Crippen LogP contribution is -2.23. The smallest absolute Gasteiger partial charge is 0.225 e. The van der Waals surface area contributed by atoms with Gasteiger partial charge in [-0.3, -0.25) is 0 Å². The second-order valence-electron chi connectivity index (χ2n) is 4.63. The van der Waals surface area contributed by atoms with Crippen LogP contribution in [0.2, 0.25) is 0 Å². The molecular weight excluding hydrogens is 316 g/mol. The number of nitrogens with one attached hydrogen (secondary N) is 1. The molecule has 106 valence electrons. The minimum atomic E-state index is 0.761. The van der Waals surface area contributed by atoms with Crippen molar-refractivity contribution in [3.8, 4) is 11.1 Å². The first-order chi connectivity index (χ1) is 9.72. The quantitative estimate of drug-likeness (QED) is 0.824. The molecule has 0 saturated carbocycles. The summed E-state index contributed by atoms with van der Waals surface area (Å²) in [5, 5.41) is 3.14.